The molecule has 2 heterocycles. The minimum atomic E-state index is -0.709. The van der Waals surface area contributed by atoms with Crippen LogP contribution in [-0.2, 0) is 9.59 Å². The largest absolute Gasteiger partial charge is 0.323 e. The Morgan fingerprint density at radius 1 is 1.13 bits per heavy atom. The van der Waals surface area contributed by atoms with Crippen molar-refractivity contribution in [3.63, 3.8) is 0 Å². The third-order valence-electron chi connectivity index (χ3n) is 5.27. The fraction of sp³-hybridized carbons (Fsp3) is 0.217. The van der Waals surface area contributed by atoms with E-state index in [0.717, 1.165) is 28.6 Å². The molecule has 1 aliphatic rings. The van der Waals surface area contributed by atoms with Crippen molar-refractivity contribution >= 4 is 34.5 Å². The highest BCUT2D eigenvalue weighted by Crippen LogP contribution is 2.42. The molecule has 2 atom stereocenters. The molecular formula is C23H20F2N2O2S. The smallest absolute Gasteiger partial charge is 0.230 e. The maximum Gasteiger partial charge on any atom is 0.230 e. The molecule has 0 unspecified atom stereocenters. The standard InChI is InChI=1S/C23H20F2N2O2S/c1-14-4-7-16(8-5-14)27-21(28)11-9-17(22(27)20-3-2-12-30-20)23(29)26-19-13-15(24)6-10-18(19)25/h2-8,10,12-13,17,22H,9,11H2,1H3,(H,26,29)/t17-,22-/m1/s1. The number of thiophene rings is 1. The Kier molecular flexibility index (Phi) is 5.63. The number of anilines is 2. The van der Waals surface area contributed by atoms with Gasteiger partial charge in [-0.05, 0) is 49.1 Å². The third-order valence-corrected chi connectivity index (χ3v) is 6.21. The summed E-state index contributed by atoms with van der Waals surface area (Å²) in [7, 11) is 0. The van der Waals surface area contributed by atoms with Crippen LogP contribution >= 0.6 is 11.3 Å². The number of amides is 2. The van der Waals surface area contributed by atoms with E-state index in [1.54, 1.807) is 4.90 Å². The zero-order valence-electron chi connectivity index (χ0n) is 16.3. The highest BCUT2D eigenvalue weighted by atomic mass is 32.1. The number of nitrogens with one attached hydrogen (secondary N) is 1. The summed E-state index contributed by atoms with van der Waals surface area (Å²) in [6.45, 7) is 1.96. The topological polar surface area (TPSA) is 49.4 Å². The summed E-state index contributed by atoms with van der Waals surface area (Å²) in [5.74, 6) is -2.47. The normalized spacial score (nSPS) is 19.0. The van der Waals surface area contributed by atoms with Crippen molar-refractivity contribution in [3.8, 4) is 0 Å². The summed E-state index contributed by atoms with van der Waals surface area (Å²) < 4.78 is 27.6. The summed E-state index contributed by atoms with van der Waals surface area (Å²) >= 11 is 1.46. The van der Waals surface area contributed by atoms with Gasteiger partial charge < -0.3 is 10.2 Å². The van der Waals surface area contributed by atoms with Crippen molar-refractivity contribution < 1.29 is 18.4 Å². The van der Waals surface area contributed by atoms with Crippen molar-refractivity contribution in [1.82, 2.24) is 0 Å². The van der Waals surface area contributed by atoms with E-state index in [4.69, 9.17) is 0 Å². The van der Waals surface area contributed by atoms with Crippen LogP contribution in [0.15, 0.2) is 60.0 Å². The van der Waals surface area contributed by atoms with Crippen LogP contribution in [0.4, 0.5) is 20.2 Å². The number of piperidine rings is 1. The van der Waals surface area contributed by atoms with Gasteiger partial charge in [0.15, 0.2) is 0 Å². The van der Waals surface area contributed by atoms with E-state index in [1.807, 2.05) is 48.7 Å². The molecule has 3 aromatic rings. The summed E-state index contributed by atoms with van der Waals surface area (Å²) in [5.41, 5.74) is 1.56. The lowest BCUT2D eigenvalue weighted by molar-refractivity contribution is -0.125. The van der Waals surface area contributed by atoms with Gasteiger partial charge in [-0.25, -0.2) is 8.78 Å². The Morgan fingerprint density at radius 2 is 1.90 bits per heavy atom. The number of carbonyl (C=O) groups is 2. The number of carbonyl (C=O) groups excluding carboxylic acids is 2. The average molecular weight is 426 g/mol. The Bertz CT molecular complexity index is 1070. The van der Waals surface area contributed by atoms with Gasteiger partial charge in [0.05, 0.1) is 17.6 Å². The molecule has 7 heteroatoms. The number of rotatable bonds is 4. The van der Waals surface area contributed by atoms with Crippen LogP contribution in [0.5, 0.6) is 0 Å². The van der Waals surface area contributed by atoms with Crippen LogP contribution in [0.3, 0.4) is 0 Å². The fourth-order valence-electron chi connectivity index (χ4n) is 3.78. The van der Waals surface area contributed by atoms with Gasteiger partial charge in [-0.1, -0.05) is 23.8 Å². The Labute approximate surface area is 177 Å². The van der Waals surface area contributed by atoms with Crippen molar-refractivity contribution in [3.05, 3.63) is 82.1 Å². The van der Waals surface area contributed by atoms with Gasteiger partial charge in [-0.15, -0.1) is 11.3 Å². The van der Waals surface area contributed by atoms with Crippen LogP contribution < -0.4 is 10.2 Å². The van der Waals surface area contributed by atoms with Crippen molar-refractivity contribution in [2.75, 3.05) is 10.2 Å². The second-order valence-corrected chi connectivity index (χ2v) is 8.30. The molecular weight excluding hydrogens is 406 g/mol. The second-order valence-electron chi connectivity index (χ2n) is 7.32. The molecule has 2 amide bonds. The van der Waals surface area contributed by atoms with Crippen molar-refractivity contribution in [2.45, 2.75) is 25.8 Å². The minimum Gasteiger partial charge on any atom is -0.323 e. The molecule has 30 heavy (non-hydrogen) atoms. The van der Waals surface area contributed by atoms with Gasteiger partial charge >= 0.3 is 0 Å². The first-order valence-electron chi connectivity index (χ1n) is 9.62. The van der Waals surface area contributed by atoms with E-state index >= 15 is 0 Å². The van der Waals surface area contributed by atoms with E-state index in [1.165, 1.54) is 11.3 Å². The molecule has 0 spiro atoms. The van der Waals surface area contributed by atoms with E-state index in [2.05, 4.69) is 5.32 Å². The van der Waals surface area contributed by atoms with E-state index in [-0.39, 0.29) is 18.0 Å². The van der Waals surface area contributed by atoms with E-state index < -0.39 is 29.5 Å². The van der Waals surface area contributed by atoms with E-state index in [0.29, 0.717) is 12.1 Å². The second kappa shape index (κ2) is 8.36. The van der Waals surface area contributed by atoms with Gasteiger partial charge in [0.25, 0.3) is 0 Å². The number of halogens is 2. The zero-order valence-corrected chi connectivity index (χ0v) is 17.1. The molecule has 4 nitrogen and oxygen atoms in total. The summed E-state index contributed by atoms with van der Waals surface area (Å²) in [6, 6.07) is 13.7. The number of nitrogens with zero attached hydrogens (tertiary/aromatic N) is 1. The predicted molar refractivity (Wildman–Crippen MR) is 113 cm³/mol. The first-order chi connectivity index (χ1) is 14.4. The van der Waals surface area contributed by atoms with Crippen molar-refractivity contribution in [2.24, 2.45) is 5.92 Å². The fourth-order valence-corrected chi connectivity index (χ4v) is 4.66. The lowest BCUT2D eigenvalue weighted by Crippen LogP contribution is -2.46. The molecule has 1 N–H and O–H groups in total. The van der Waals surface area contributed by atoms with Gasteiger partial charge in [-0.3, -0.25) is 9.59 Å². The molecule has 0 aliphatic carbocycles. The molecule has 1 fully saturated rings. The number of hydrogen-bond donors (Lipinski definition) is 1. The molecule has 1 saturated heterocycles. The highest BCUT2D eigenvalue weighted by molar-refractivity contribution is 7.10. The molecule has 0 saturated carbocycles. The monoisotopic (exact) mass is 426 g/mol. The summed E-state index contributed by atoms with van der Waals surface area (Å²) in [4.78, 5) is 28.6. The third kappa shape index (κ3) is 3.98. The van der Waals surface area contributed by atoms with Crippen molar-refractivity contribution in [1.29, 1.82) is 0 Å². The first kappa shape index (κ1) is 20.2. The highest BCUT2D eigenvalue weighted by Gasteiger charge is 2.42. The summed E-state index contributed by atoms with van der Waals surface area (Å²) in [6.07, 6.45) is 0.520. The van der Waals surface area contributed by atoms with Gasteiger partial charge in [0.1, 0.15) is 11.6 Å². The molecule has 4 rings (SSSR count). The maximum absolute atomic E-state index is 14.1. The number of aryl methyl sites for hydroxylation is 1. The van der Waals surface area contributed by atoms with Crippen LogP contribution in [0.1, 0.15) is 29.3 Å². The number of benzene rings is 2. The molecule has 0 bridgehead atoms. The van der Waals surface area contributed by atoms with Gasteiger partial charge in [0, 0.05) is 23.1 Å². The Balaban J connectivity index is 1.71. The minimum absolute atomic E-state index is 0.0711. The lowest BCUT2D eigenvalue weighted by Gasteiger charge is -2.40. The zero-order chi connectivity index (χ0) is 21.3. The van der Waals surface area contributed by atoms with Crippen LogP contribution in [-0.4, -0.2) is 11.8 Å². The predicted octanol–water partition coefficient (Wildman–Crippen LogP) is 5.46. The molecule has 1 aliphatic heterocycles. The average Bonchev–Trinajstić information content (AvgIpc) is 3.26. The molecule has 0 radical (unpaired) electrons. The summed E-state index contributed by atoms with van der Waals surface area (Å²) in [5, 5.41) is 4.41. The quantitative estimate of drug-likeness (QED) is 0.602. The SMILES string of the molecule is Cc1ccc(N2C(=O)CC[C@@H](C(=O)Nc3cc(F)ccc3F)[C@@H]2c2cccs2)cc1. The Morgan fingerprint density at radius 3 is 2.60 bits per heavy atom. The van der Waals surface area contributed by atoms with Crippen LogP contribution in [0.2, 0.25) is 0 Å². The first-order valence-corrected chi connectivity index (χ1v) is 10.5. The van der Waals surface area contributed by atoms with Crippen LogP contribution in [0.25, 0.3) is 0 Å². The van der Waals surface area contributed by atoms with E-state index in [9.17, 15) is 18.4 Å². The van der Waals surface area contributed by atoms with Crippen LogP contribution in [0, 0.1) is 24.5 Å². The molecule has 2 aromatic carbocycles. The molecule has 1 aromatic heterocycles. The van der Waals surface area contributed by atoms with Gasteiger partial charge in [0.2, 0.25) is 11.8 Å². The maximum atomic E-state index is 14.1. The number of hydrogen-bond acceptors (Lipinski definition) is 3. The molecule has 154 valence electrons. The van der Waals surface area contributed by atoms with Gasteiger partial charge in [-0.2, -0.15) is 0 Å². The lowest BCUT2D eigenvalue weighted by atomic mass is 9.86. The Hall–Kier alpha value is -3.06.